The Balaban J connectivity index is 1.14. The average molecular weight is 626 g/mol. The zero-order chi connectivity index (χ0) is 32.1. The first kappa shape index (κ1) is 26.4. The molecule has 5 nitrogen and oxygen atoms in total. The Hall–Kier alpha value is -6.72. The molecule has 11 rings (SSSR count). The monoisotopic (exact) mass is 625 g/mol. The van der Waals surface area contributed by atoms with Crippen molar-refractivity contribution >= 4 is 71.2 Å². The molecule has 0 radical (unpaired) electrons. The van der Waals surface area contributed by atoms with Gasteiger partial charge in [-0.3, -0.25) is 8.97 Å². The van der Waals surface area contributed by atoms with Crippen LogP contribution in [0.3, 0.4) is 0 Å². The largest absolute Gasteiger partial charge is 0.309 e. The van der Waals surface area contributed by atoms with Crippen LogP contribution in [0.15, 0.2) is 164 Å². The summed E-state index contributed by atoms with van der Waals surface area (Å²) in [5, 5.41) is 5.95. The van der Waals surface area contributed by atoms with Crippen molar-refractivity contribution < 1.29 is 0 Å². The van der Waals surface area contributed by atoms with Gasteiger partial charge in [0.1, 0.15) is 5.65 Å². The summed E-state index contributed by atoms with van der Waals surface area (Å²) in [5.41, 5.74) is 11.9. The fourth-order valence-electron chi connectivity index (χ4n) is 7.85. The molecule has 0 unspecified atom stereocenters. The molecular weight excluding hydrogens is 599 g/mol. The topological polar surface area (TPSA) is 40.0 Å². The molecule has 5 heteroatoms. The van der Waals surface area contributed by atoms with Crippen LogP contribution < -0.4 is 0 Å². The molecule has 0 fully saturated rings. The minimum atomic E-state index is 0.826. The molecule has 0 aliphatic rings. The molecule has 7 aromatic carbocycles. The van der Waals surface area contributed by atoms with Crippen molar-refractivity contribution in [1.82, 2.24) is 23.5 Å². The van der Waals surface area contributed by atoms with E-state index in [0.717, 1.165) is 61.4 Å². The maximum Gasteiger partial charge on any atom is 0.221 e. The molecule has 0 amide bonds. The predicted molar refractivity (Wildman–Crippen MR) is 202 cm³/mol. The van der Waals surface area contributed by atoms with Crippen LogP contribution in [0.25, 0.3) is 94.0 Å². The van der Waals surface area contributed by atoms with Gasteiger partial charge < -0.3 is 4.57 Å². The van der Waals surface area contributed by atoms with Crippen molar-refractivity contribution in [2.45, 2.75) is 0 Å². The summed E-state index contributed by atoms with van der Waals surface area (Å²) >= 11 is 0. The van der Waals surface area contributed by atoms with Crippen molar-refractivity contribution in [3.8, 4) is 22.8 Å². The molecule has 4 aromatic heterocycles. The Bertz CT molecular complexity index is 3050. The number of benzene rings is 7. The maximum absolute atomic E-state index is 5.34. The minimum absolute atomic E-state index is 0.826. The number of imidazole rings is 1. The van der Waals surface area contributed by atoms with Crippen LogP contribution in [0.2, 0.25) is 0 Å². The summed E-state index contributed by atoms with van der Waals surface area (Å²) in [4.78, 5) is 10.5. The van der Waals surface area contributed by atoms with Gasteiger partial charge in [-0.1, -0.05) is 103 Å². The lowest BCUT2D eigenvalue weighted by Crippen LogP contribution is -2.06. The highest BCUT2D eigenvalue weighted by Crippen LogP contribution is 2.37. The van der Waals surface area contributed by atoms with Crippen LogP contribution in [0.1, 0.15) is 0 Å². The molecule has 0 aliphatic heterocycles. The maximum atomic E-state index is 5.34. The van der Waals surface area contributed by atoms with E-state index < -0.39 is 0 Å². The van der Waals surface area contributed by atoms with E-state index in [2.05, 4.69) is 165 Å². The summed E-state index contributed by atoms with van der Waals surface area (Å²) in [6.07, 6.45) is 0. The van der Waals surface area contributed by atoms with Crippen molar-refractivity contribution in [2.24, 2.45) is 0 Å². The first-order chi connectivity index (χ1) is 24.3. The van der Waals surface area contributed by atoms with Gasteiger partial charge in [-0.25, -0.2) is 9.97 Å². The Morgan fingerprint density at radius 1 is 0.347 bits per heavy atom. The molecule has 0 saturated carbocycles. The molecule has 0 aliphatic carbocycles. The fraction of sp³-hybridized carbons (Fsp3) is 0. The van der Waals surface area contributed by atoms with E-state index in [-0.39, 0.29) is 0 Å². The molecule has 0 saturated heterocycles. The lowest BCUT2D eigenvalue weighted by Gasteiger charge is -2.13. The molecule has 4 heterocycles. The number of aromatic nitrogens is 5. The first-order valence-corrected chi connectivity index (χ1v) is 16.6. The average Bonchev–Trinajstić information content (AvgIpc) is 3.83. The molecule has 49 heavy (non-hydrogen) atoms. The van der Waals surface area contributed by atoms with Crippen molar-refractivity contribution in [1.29, 1.82) is 0 Å². The molecule has 0 atom stereocenters. The lowest BCUT2D eigenvalue weighted by atomic mass is 10.0. The standard InChI is InChI=1S/C44H27N5/c1-5-15-36-35(14-1)43-45-37-16-6-10-20-41(37)49(43)44(46-36)48-40-19-9-4-13-33(40)34-26-23-29(27-42(34)48)28-21-24-30(25-22-28)47-38-17-7-2-11-31(38)32-12-3-8-18-39(32)47/h1-27H. The van der Waals surface area contributed by atoms with Gasteiger partial charge in [-0.2, -0.15) is 0 Å². The smallest absolute Gasteiger partial charge is 0.221 e. The van der Waals surface area contributed by atoms with Crippen molar-refractivity contribution in [2.75, 3.05) is 0 Å². The van der Waals surface area contributed by atoms with E-state index in [4.69, 9.17) is 9.97 Å². The number of hydrogen-bond acceptors (Lipinski definition) is 2. The SMILES string of the molecule is c1ccc2c(c1)nc(-n1c3ccccc3c3ccc(-c4ccc(-n5c6ccccc6c6ccccc65)cc4)cc31)n1c3ccccc3nc21. The summed E-state index contributed by atoms with van der Waals surface area (Å²) < 4.78 is 6.90. The second-order valence-electron chi connectivity index (χ2n) is 12.7. The molecule has 0 N–H and O–H groups in total. The highest BCUT2D eigenvalue weighted by Gasteiger charge is 2.20. The van der Waals surface area contributed by atoms with Crippen molar-refractivity contribution in [3.05, 3.63) is 164 Å². The van der Waals surface area contributed by atoms with E-state index >= 15 is 0 Å². The van der Waals surface area contributed by atoms with Crippen molar-refractivity contribution in [3.63, 3.8) is 0 Å². The zero-order valence-corrected chi connectivity index (χ0v) is 26.3. The second-order valence-corrected chi connectivity index (χ2v) is 12.7. The summed E-state index contributed by atoms with van der Waals surface area (Å²) in [7, 11) is 0. The quantitative estimate of drug-likeness (QED) is 0.196. The Labute approximate surface area is 280 Å². The molecule has 228 valence electrons. The summed E-state index contributed by atoms with van der Waals surface area (Å²) in [6, 6.07) is 58.3. The van der Waals surface area contributed by atoms with Crippen LogP contribution >= 0.6 is 0 Å². The fourth-order valence-corrected chi connectivity index (χ4v) is 7.85. The lowest BCUT2D eigenvalue weighted by molar-refractivity contribution is 0.979. The van der Waals surface area contributed by atoms with Gasteiger partial charge >= 0.3 is 0 Å². The number of hydrogen-bond donors (Lipinski definition) is 0. The number of rotatable bonds is 3. The van der Waals surface area contributed by atoms with Crippen LogP contribution in [0, 0.1) is 0 Å². The summed E-state index contributed by atoms with van der Waals surface area (Å²) in [5.74, 6) is 0.826. The van der Waals surface area contributed by atoms with Gasteiger partial charge in [0.15, 0.2) is 0 Å². The normalized spacial score (nSPS) is 12.1. The molecule has 0 spiro atoms. The Morgan fingerprint density at radius 2 is 0.857 bits per heavy atom. The van der Waals surface area contributed by atoms with Gasteiger partial charge in [0, 0.05) is 32.6 Å². The van der Waals surface area contributed by atoms with Crippen LogP contribution in [-0.2, 0) is 0 Å². The third kappa shape index (κ3) is 3.70. The molecule has 0 bridgehead atoms. The van der Waals surface area contributed by atoms with E-state index in [1.807, 2.05) is 12.1 Å². The highest BCUT2D eigenvalue weighted by atomic mass is 15.2. The van der Waals surface area contributed by atoms with Gasteiger partial charge in [0.25, 0.3) is 0 Å². The van der Waals surface area contributed by atoms with E-state index in [9.17, 15) is 0 Å². The van der Waals surface area contributed by atoms with Crippen LogP contribution in [0.5, 0.6) is 0 Å². The first-order valence-electron chi connectivity index (χ1n) is 16.6. The van der Waals surface area contributed by atoms with E-state index in [1.54, 1.807) is 0 Å². The minimum Gasteiger partial charge on any atom is -0.309 e. The Kier molecular flexibility index (Phi) is 5.32. The van der Waals surface area contributed by atoms with E-state index in [1.165, 1.54) is 32.6 Å². The zero-order valence-electron chi connectivity index (χ0n) is 26.3. The number of para-hydroxylation sites is 6. The highest BCUT2D eigenvalue weighted by molar-refractivity contribution is 6.11. The van der Waals surface area contributed by atoms with Crippen LogP contribution in [-0.4, -0.2) is 23.5 Å². The van der Waals surface area contributed by atoms with Gasteiger partial charge in [0.2, 0.25) is 5.95 Å². The molecular formula is C44H27N5. The third-order valence-electron chi connectivity index (χ3n) is 10.0. The predicted octanol–water partition coefficient (Wildman–Crippen LogP) is 10.9. The number of nitrogens with zero attached hydrogens (tertiary/aromatic N) is 5. The van der Waals surface area contributed by atoms with Gasteiger partial charge in [-0.05, 0) is 71.8 Å². The summed E-state index contributed by atoms with van der Waals surface area (Å²) in [6.45, 7) is 0. The van der Waals surface area contributed by atoms with Crippen LogP contribution in [0.4, 0.5) is 0 Å². The second kappa shape index (κ2) is 9.89. The van der Waals surface area contributed by atoms with Gasteiger partial charge in [-0.15, -0.1) is 0 Å². The number of fused-ring (bicyclic) bond motifs is 11. The Morgan fingerprint density at radius 3 is 1.53 bits per heavy atom. The molecule has 11 aromatic rings. The van der Waals surface area contributed by atoms with E-state index in [0.29, 0.717) is 0 Å². The third-order valence-corrected chi connectivity index (χ3v) is 10.0. The van der Waals surface area contributed by atoms with Gasteiger partial charge in [0.05, 0.1) is 38.6 Å².